The van der Waals surface area contributed by atoms with Crippen molar-refractivity contribution in [2.24, 2.45) is 0 Å². The molecule has 1 N–H and O–H groups in total. The number of hydrogen-bond donors (Lipinski definition) is 1. The summed E-state index contributed by atoms with van der Waals surface area (Å²) in [5, 5.41) is 7.07. The normalized spacial score (nSPS) is 10.3. The van der Waals surface area contributed by atoms with Crippen LogP contribution in [0.15, 0.2) is 59.4 Å². The largest absolute Gasteiger partial charge is 0.497 e. The third-order valence-corrected chi connectivity index (χ3v) is 4.21. The van der Waals surface area contributed by atoms with Crippen molar-refractivity contribution in [3.8, 4) is 28.5 Å². The van der Waals surface area contributed by atoms with Crippen LogP contribution < -0.4 is 25.1 Å². The highest BCUT2D eigenvalue weighted by molar-refractivity contribution is 5.90. The van der Waals surface area contributed by atoms with Crippen LogP contribution in [-0.4, -0.2) is 37.0 Å². The minimum Gasteiger partial charge on any atom is -0.497 e. The van der Waals surface area contributed by atoms with Gasteiger partial charge in [-0.15, -0.1) is 0 Å². The number of amides is 1. The molecule has 0 aliphatic heterocycles. The number of carbonyl (C=O) groups excluding carboxylic acids is 1. The highest BCUT2D eigenvalue weighted by Gasteiger charge is 2.14. The second-order valence-electron chi connectivity index (χ2n) is 6.06. The smallest absolute Gasteiger partial charge is 0.270 e. The lowest BCUT2D eigenvalue weighted by Crippen LogP contribution is -2.29. The van der Waals surface area contributed by atoms with Crippen molar-refractivity contribution in [2.75, 3.05) is 26.6 Å². The maximum absolute atomic E-state index is 12.4. The van der Waals surface area contributed by atoms with Crippen molar-refractivity contribution in [2.45, 2.75) is 6.54 Å². The number of anilines is 1. The maximum Gasteiger partial charge on any atom is 0.270 e. The molecule has 8 nitrogen and oxygen atoms in total. The predicted octanol–water partition coefficient (Wildman–Crippen LogP) is 2.57. The van der Waals surface area contributed by atoms with E-state index in [1.54, 1.807) is 62.8 Å². The molecular formula is C21H21N3O5. The zero-order chi connectivity index (χ0) is 20.8. The number of benzene rings is 2. The molecule has 0 unspecified atom stereocenters. The van der Waals surface area contributed by atoms with Gasteiger partial charge in [0.25, 0.3) is 5.56 Å². The Morgan fingerprint density at radius 3 is 2.07 bits per heavy atom. The summed E-state index contributed by atoms with van der Waals surface area (Å²) in [6, 6.07) is 15.4. The van der Waals surface area contributed by atoms with Crippen molar-refractivity contribution in [1.82, 2.24) is 9.78 Å². The molecule has 3 aromatic rings. The molecule has 0 radical (unpaired) electrons. The van der Waals surface area contributed by atoms with Gasteiger partial charge in [0, 0.05) is 17.3 Å². The van der Waals surface area contributed by atoms with Gasteiger partial charge in [0.2, 0.25) is 5.91 Å². The van der Waals surface area contributed by atoms with Crippen molar-refractivity contribution in [3.05, 3.63) is 65.0 Å². The number of hydrogen-bond acceptors (Lipinski definition) is 6. The van der Waals surface area contributed by atoms with Gasteiger partial charge in [-0.2, -0.15) is 5.10 Å². The van der Waals surface area contributed by atoms with Crippen LogP contribution in [0.3, 0.4) is 0 Å². The molecule has 0 spiro atoms. The minimum atomic E-state index is -0.441. The van der Waals surface area contributed by atoms with Crippen LogP contribution in [0, 0.1) is 0 Å². The Labute approximate surface area is 167 Å². The first kappa shape index (κ1) is 19.9. The molecule has 1 heterocycles. The molecule has 150 valence electrons. The monoisotopic (exact) mass is 395 g/mol. The van der Waals surface area contributed by atoms with E-state index in [2.05, 4.69) is 10.4 Å². The van der Waals surface area contributed by atoms with Crippen LogP contribution in [0.4, 0.5) is 5.69 Å². The second-order valence-corrected chi connectivity index (χ2v) is 6.06. The lowest BCUT2D eigenvalue weighted by atomic mass is 10.1. The lowest BCUT2D eigenvalue weighted by molar-refractivity contribution is -0.117. The van der Waals surface area contributed by atoms with E-state index in [9.17, 15) is 9.59 Å². The lowest BCUT2D eigenvalue weighted by Gasteiger charge is -2.12. The van der Waals surface area contributed by atoms with E-state index in [1.165, 1.54) is 13.2 Å². The van der Waals surface area contributed by atoms with E-state index < -0.39 is 5.56 Å². The zero-order valence-electron chi connectivity index (χ0n) is 16.3. The van der Waals surface area contributed by atoms with E-state index in [0.29, 0.717) is 28.6 Å². The zero-order valence-corrected chi connectivity index (χ0v) is 16.3. The Bertz CT molecular complexity index is 1040. The van der Waals surface area contributed by atoms with Gasteiger partial charge in [0.05, 0.1) is 21.3 Å². The Balaban J connectivity index is 1.84. The Hall–Kier alpha value is -3.81. The van der Waals surface area contributed by atoms with E-state index in [4.69, 9.17) is 14.2 Å². The van der Waals surface area contributed by atoms with E-state index in [1.807, 2.05) is 0 Å². The van der Waals surface area contributed by atoms with Gasteiger partial charge in [-0.1, -0.05) is 0 Å². The molecule has 0 aliphatic rings. The molecule has 0 saturated carbocycles. The fourth-order valence-corrected chi connectivity index (χ4v) is 2.70. The van der Waals surface area contributed by atoms with Crippen LogP contribution in [0.2, 0.25) is 0 Å². The SMILES string of the molecule is COc1ccc(NC(=O)Cn2nc(-c3ccc(OC)cc3)c(OC)cc2=O)cc1. The molecule has 1 aromatic heterocycles. The molecule has 0 fully saturated rings. The first-order chi connectivity index (χ1) is 14.0. The van der Waals surface area contributed by atoms with E-state index in [-0.39, 0.29) is 12.5 Å². The van der Waals surface area contributed by atoms with Crippen molar-refractivity contribution in [1.29, 1.82) is 0 Å². The molecule has 3 rings (SSSR count). The van der Waals surface area contributed by atoms with Crippen LogP contribution in [-0.2, 0) is 11.3 Å². The summed E-state index contributed by atoms with van der Waals surface area (Å²) < 4.78 is 16.6. The number of nitrogens with zero attached hydrogens (tertiary/aromatic N) is 2. The molecule has 1 amide bonds. The molecule has 2 aromatic carbocycles. The molecule has 0 atom stereocenters. The summed E-state index contributed by atoms with van der Waals surface area (Å²) >= 11 is 0. The minimum absolute atomic E-state index is 0.238. The van der Waals surface area contributed by atoms with Gasteiger partial charge >= 0.3 is 0 Å². The van der Waals surface area contributed by atoms with Crippen molar-refractivity contribution in [3.63, 3.8) is 0 Å². The molecule has 0 aliphatic carbocycles. The Morgan fingerprint density at radius 1 is 0.931 bits per heavy atom. The maximum atomic E-state index is 12.4. The topological polar surface area (TPSA) is 91.7 Å². The molecular weight excluding hydrogens is 374 g/mol. The molecule has 29 heavy (non-hydrogen) atoms. The number of rotatable bonds is 7. The fraction of sp³-hybridized carbons (Fsp3) is 0.190. The number of nitrogens with one attached hydrogen (secondary N) is 1. The Kier molecular flexibility index (Phi) is 6.13. The van der Waals surface area contributed by atoms with Gasteiger partial charge in [0.15, 0.2) is 5.75 Å². The summed E-state index contributed by atoms with van der Waals surface area (Å²) in [6.45, 7) is -0.238. The van der Waals surface area contributed by atoms with Crippen LogP contribution in [0.1, 0.15) is 0 Å². The van der Waals surface area contributed by atoms with Crippen molar-refractivity contribution < 1.29 is 19.0 Å². The van der Waals surface area contributed by atoms with Crippen molar-refractivity contribution >= 4 is 11.6 Å². The summed E-state index contributed by atoms with van der Waals surface area (Å²) in [5.74, 6) is 1.32. The summed E-state index contributed by atoms with van der Waals surface area (Å²) in [4.78, 5) is 24.7. The quantitative estimate of drug-likeness (QED) is 0.661. The number of ether oxygens (including phenoxy) is 3. The molecule has 8 heteroatoms. The van der Waals surface area contributed by atoms with Crippen LogP contribution in [0.25, 0.3) is 11.3 Å². The van der Waals surface area contributed by atoms with Gasteiger partial charge in [-0.05, 0) is 48.5 Å². The molecule has 0 saturated heterocycles. The first-order valence-electron chi connectivity index (χ1n) is 8.78. The van der Waals surface area contributed by atoms with Gasteiger partial charge in [0.1, 0.15) is 23.7 Å². The van der Waals surface area contributed by atoms with Gasteiger partial charge < -0.3 is 19.5 Å². The summed E-state index contributed by atoms with van der Waals surface area (Å²) in [5.41, 5.74) is 1.33. The predicted molar refractivity (Wildman–Crippen MR) is 109 cm³/mol. The third-order valence-electron chi connectivity index (χ3n) is 4.21. The summed E-state index contributed by atoms with van der Waals surface area (Å²) in [7, 11) is 4.61. The highest BCUT2D eigenvalue weighted by Crippen LogP contribution is 2.27. The van der Waals surface area contributed by atoms with Crippen LogP contribution in [0.5, 0.6) is 17.2 Å². The van der Waals surface area contributed by atoms with E-state index >= 15 is 0 Å². The summed E-state index contributed by atoms with van der Waals surface area (Å²) in [6.07, 6.45) is 0. The average Bonchev–Trinajstić information content (AvgIpc) is 2.75. The first-order valence-corrected chi connectivity index (χ1v) is 8.78. The fourth-order valence-electron chi connectivity index (χ4n) is 2.70. The second kappa shape index (κ2) is 8.92. The average molecular weight is 395 g/mol. The number of carbonyl (C=O) groups is 1. The number of aromatic nitrogens is 2. The van der Waals surface area contributed by atoms with Crippen LogP contribution >= 0.6 is 0 Å². The van der Waals surface area contributed by atoms with E-state index in [0.717, 1.165) is 10.2 Å². The number of methoxy groups -OCH3 is 3. The highest BCUT2D eigenvalue weighted by atomic mass is 16.5. The molecule has 0 bridgehead atoms. The van der Waals surface area contributed by atoms with Gasteiger partial charge in [-0.25, -0.2) is 4.68 Å². The standard InChI is InChI=1S/C21H21N3O5/c1-27-16-8-4-14(5-9-16)21-18(29-3)12-20(26)24(23-21)13-19(25)22-15-6-10-17(28-2)11-7-15/h4-12H,13H2,1-3H3,(H,22,25). The van der Waals surface area contributed by atoms with Gasteiger partial charge in [-0.3, -0.25) is 9.59 Å². The third kappa shape index (κ3) is 4.73. The Morgan fingerprint density at radius 2 is 1.52 bits per heavy atom.